The normalized spacial score (nSPS) is 11.7. The van der Waals surface area contributed by atoms with Crippen LogP contribution in [0.4, 0.5) is 0 Å². The zero-order valence-electron chi connectivity index (χ0n) is 8.60. The van der Waals surface area contributed by atoms with Crippen molar-refractivity contribution in [2.75, 3.05) is 5.33 Å². The van der Waals surface area contributed by atoms with Crippen LogP contribution in [0.1, 0.15) is 31.9 Å². The molecule has 0 amide bonds. The molecule has 1 rings (SSSR count). The second-order valence-corrected chi connectivity index (χ2v) is 4.63. The van der Waals surface area contributed by atoms with Crippen LogP contribution >= 0.6 is 15.9 Å². The third kappa shape index (κ3) is 2.57. The standard InChI is InChI=1S/C12H17Br/c1-4-10-6-5-7-11(8-10)12(2,3)9-13/h5-8H,4,9H2,1-3H3. The molecule has 13 heavy (non-hydrogen) atoms. The fourth-order valence-electron chi connectivity index (χ4n) is 1.29. The minimum Gasteiger partial charge on any atom is -0.0919 e. The largest absolute Gasteiger partial charge is 0.0919 e. The fourth-order valence-corrected chi connectivity index (χ4v) is 1.61. The Labute approximate surface area is 89.5 Å². The highest BCUT2D eigenvalue weighted by molar-refractivity contribution is 9.09. The van der Waals surface area contributed by atoms with Gasteiger partial charge < -0.3 is 0 Å². The van der Waals surface area contributed by atoms with Crippen LogP contribution in [0.5, 0.6) is 0 Å². The average molecular weight is 241 g/mol. The Morgan fingerprint density at radius 3 is 2.54 bits per heavy atom. The molecule has 0 atom stereocenters. The molecule has 0 nitrogen and oxygen atoms in total. The van der Waals surface area contributed by atoms with E-state index in [1.165, 1.54) is 11.1 Å². The predicted octanol–water partition coefficient (Wildman–Crippen LogP) is 3.92. The molecule has 0 unspecified atom stereocenters. The van der Waals surface area contributed by atoms with E-state index in [4.69, 9.17) is 0 Å². The molecule has 0 saturated carbocycles. The van der Waals surface area contributed by atoms with E-state index >= 15 is 0 Å². The van der Waals surface area contributed by atoms with E-state index in [-0.39, 0.29) is 5.41 Å². The molecule has 0 N–H and O–H groups in total. The van der Waals surface area contributed by atoms with Crippen molar-refractivity contribution in [3.8, 4) is 0 Å². The van der Waals surface area contributed by atoms with Gasteiger partial charge in [-0.3, -0.25) is 0 Å². The van der Waals surface area contributed by atoms with E-state index in [0.717, 1.165) is 11.8 Å². The van der Waals surface area contributed by atoms with Gasteiger partial charge in [0.25, 0.3) is 0 Å². The SMILES string of the molecule is CCc1cccc(C(C)(C)CBr)c1. The van der Waals surface area contributed by atoms with E-state index in [9.17, 15) is 0 Å². The van der Waals surface area contributed by atoms with Crippen molar-refractivity contribution in [2.45, 2.75) is 32.6 Å². The summed E-state index contributed by atoms with van der Waals surface area (Å²) in [6.45, 7) is 6.72. The number of halogens is 1. The maximum Gasteiger partial charge on any atom is 0.0123 e. The lowest BCUT2D eigenvalue weighted by atomic mass is 9.86. The topological polar surface area (TPSA) is 0 Å². The Kier molecular flexibility index (Phi) is 3.55. The maximum absolute atomic E-state index is 3.55. The van der Waals surface area contributed by atoms with Crippen molar-refractivity contribution in [3.05, 3.63) is 35.4 Å². The first-order valence-electron chi connectivity index (χ1n) is 4.75. The number of rotatable bonds is 3. The van der Waals surface area contributed by atoms with E-state index in [1.807, 2.05) is 0 Å². The highest BCUT2D eigenvalue weighted by Crippen LogP contribution is 2.25. The molecule has 0 radical (unpaired) electrons. The van der Waals surface area contributed by atoms with Gasteiger partial charge in [0.15, 0.2) is 0 Å². The summed E-state index contributed by atoms with van der Waals surface area (Å²) in [6.07, 6.45) is 1.12. The van der Waals surface area contributed by atoms with Crippen molar-refractivity contribution in [1.82, 2.24) is 0 Å². The summed E-state index contributed by atoms with van der Waals surface area (Å²) in [5, 5.41) is 1.01. The minimum atomic E-state index is 0.241. The van der Waals surface area contributed by atoms with Crippen LogP contribution in [0, 0.1) is 0 Å². The zero-order chi connectivity index (χ0) is 9.90. The number of hydrogen-bond acceptors (Lipinski definition) is 0. The number of benzene rings is 1. The molecule has 1 aromatic carbocycles. The van der Waals surface area contributed by atoms with Crippen molar-refractivity contribution in [1.29, 1.82) is 0 Å². The molecule has 0 bridgehead atoms. The van der Waals surface area contributed by atoms with Gasteiger partial charge in [0, 0.05) is 5.33 Å². The van der Waals surface area contributed by atoms with Gasteiger partial charge in [-0.2, -0.15) is 0 Å². The third-order valence-corrected chi connectivity index (χ3v) is 3.85. The first-order valence-corrected chi connectivity index (χ1v) is 5.87. The molecule has 0 aliphatic heterocycles. The van der Waals surface area contributed by atoms with Crippen LogP contribution in [-0.4, -0.2) is 5.33 Å². The number of aryl methyl sites for hydroxylation is 1. The molecule has 0 fully saturated rings. The van der Waals surface area contributed by atoms with E-state index in [1.54, 1.807) is 0 Å². The Hall–Kier alpha value is -0.300. The van der Waals surface area contributed by atoms with Gasteiger partial charge in [0.2, 0.25) is 0 Å². The molecule has 1 aromatic rings. The van der Waals surface area contributed by atoms with Gasteiger partial charge in [-0.25, -0.2) is 0 Å². The maximum atomic E-state index is 3.55. The monoisotopic (exact) mass is 240 g/mol. The van der Waals surface area contributed by atoms with Crippen molar-refractivity contribution in [3.63, 3.8) is 0 Å². The summed E-state index contributed by atoms with van der Waals surface area (Å²) in [4.78, 5) is 0. The Morgan fingerprint density at radius 1 is 1.31 bits per heavy atom. The lowest BCUT2D eigenvalue weighted by Gasteiger charge is -2.22. The molecule has 1 heteroatoms. The molecule has 0 spiro atoms. The van der Waals surface area contributed by atoms with E-state index in [2.05, 4.69) is 61.0 Å². The molecular formula is C12H17Br. The Balaban J connectivity index is 3.01. The van der Waals surface area contributed by atoms with Crippen LogP contribution in [0.25, 0.3) is 0 Å². The third-order valence-electron chi connectivity index (χ3n) is 2.45. The van der Waals surface area contributed by atoms with Gasteiger partial charge >= 0.3 is 0 Å². The van der Waals surface area contributed by atoms with Crippen LogP contribution in [0.3, 0.4) is 0 Å². The Morgan fingerprint density at radius 2 is 2.00 bits per heavy atom. The van der Waals surface area contributed by atoms with Crippen molar-refractivity contribution in [2.24, 2.45) is 0 Å². The molecule has 0 aromatic heterocycles. The number of hydrogen-bond donors (Lipinski definition) is 0. The minimum absolute atomic E-state index is 0.241. The van der Waals surface area contributed by atoms with Crippen LogP contribution in [-0.2, 0) is 11.8 Å². The van der Waals surface area contributed by atoms with Crippen molar-refractivity contribution >= 4 is 15.9 Å². The quantitative estimate of drug-likeness (QED) is 0.703. The van der Waals surface area contributed by atoms with Crippen LogP contribution < -0.4 is 0 Å². The van der Waals surface area contributed by atoms with E-state index in [0.29, 0.717) is 0 Å². The predicted molar refractivity (Wildman–Crippen MR) is 62.6 cm³/mol. The average Bonchev–Trinajstić information content (AvgIpc) is 2.18. The summed E-state index contributed by atoms with van der Waals surface area (Å²) in [5.74, 6) is 0. The molecule has 0 aliphatic carbocycles. The van der Waals surface area contributed by atoms with Gasteiger partial charge in [-0.15, -0.1) is 0 Å². The fraction of sp³-hybridized carbons (Fsp3) is 0.500. The summed E-state index contributed by atoms with van der Waals surface area (Å²) >= 11 is 3.55. The van der Waals surface area contributed by atoms with Gasteiger partial charge in [0.05, 0.1) is 0 Å². The highest BCUT2D eigenvalue weighted by Gasteiger charge is 2.18. The Bertz CT molecular complexity index is 276. The second-order valence-electron chi connectivity index (χ2n) is 4.07. The zero-order valence-corrected chi connectivity index (χ0v) is 10.2. The molecule has 0 aliphatic rings. The lowest BCUT2D eigenvalue weighted by molar-refractivity contribution is 0.606. The van der Waals surface area contributed by atoms with Gasteiger partial charge in [-0.1, -0.05) is 61.0 Å². The summed E-state index contributed by atoms with van der Waals surface area (Å²) in [6, 6.07) is 8.86. The van der Waals surface area contributed by atoms with Crippen LogP contribution in [0.2, 0.25) is 0 Å². The lowest BCUT2D eigenvalue weighted by Crippen LogP contribution is -2.18. The highest BCUT2D eigenvalue weighted by atomic mass is 79.9. The smallest absolute Gasteiger partial charge is 0.0123 e. The van der Waals surface area contributed by atoms with Gasteiger partial charge in [-0.05, 0) is 23.0 Å². The molecule has 0 saturated heterocycles. The summed E-state index contributed by atoms with van der Waals surface area (Å²) in [5.41, 5.74) is 3.08. The summed E-state index contributed by atoms with van der Waals surface area (Å²) in [7, 11) is 0. The number of alkyl halides is 1. The first-order chi connectivity index (χ1) is 6.10. The van der Waals surface area contributed by atoms with Gasteiger partial charge in [0.1, 0.15) is 0 Å². The van der Waals surface area contributed by atoms with Crippen LogP contribution in [0.15, 0.2) is 24.3 Å². The molecule has 0 heterocycles. The summed E-state index contributed by atoms with van der Waals surface area (Å²) < 4.78 is 0. The second kappa shape index (κ2) is 4.28. The van der Waals surface area contributed by atoms with E-state index < -0.39 is 0 Å². The van der Waals surface area contributed by atoms with Crippen molar-refractivity contribution < 1.29 is 0 Å². The molecule has 72 valence electrons. The first kappa shape index (κ1) is 10.8. The molecular weight excluding hydrogens is 224 g/mol.